The number of hydrogen-bond acceptors (Lipinski definition) is 3. The highest BCUT2D eigenvalue weighted by atomic mass is 79.9. The molecule has 1 unspecified atom stereocenters. The van der Waals surface area contributed by atoms with Crippen LogP contribution in [0.1, 0.15) is 6.42 Å². The molecule has 1 aliphatic rings. The molecule has 0 bridgehead atoms. The lowest BCUT2D eigenvalue weighted by Gasteiger charge is -2.11. The lowest BCUT2D eigenvalue weighted by atomic mass is 10.2. The van der Waals surface area contributed by atoms with Crippen LogP contribution in [0.25, 0.3) is 0 Å². The Morgan fingerprint density at radius 1 is 1.53 bits per heavy atom. The summed E-state index contributed by atoms with van der Waals surface area (Å²) < 4.78 is 6.58. The van der Waals surface area contributed by atoms with Crippen LogP contribution in [0, 0.1) is 0 Å². The summed E-state index contributed by atoms with van der Waals surface area (Å²) in [6.07, 6.45) is 0.566. The Labute approximate surface area is 109 Å². The normalized spacial score (nSPS) is 19.1. The molecular formula is C12H15BrN2O2. The molecule has 1 aromatic carbocycles. The van der Waals surface area contributed by atoms with Crippen molar-refractivity contribution in [3.05, 3.63) is 28.7 Å². The summed E-state index contributed by atoms with van der Waals surface area (Å²) in [7, 11) is 0. The third kappa shape index (κ3) is 4.02. The number of hydrogen-bond donors (Lipinski definition) is 2. The van der Waals surface area contributed by atoms with Gasteiger partial charge in [-0.1, -0.05) is 22.0 Å². The highest BCUT2D eigenvalue weighted by Crippen LogP contribution is 2.17. The molecule has 1 amide bonds. The van der Waals surface area contributed by atoms with Crippen molar-refractivity contribution >= 4 is 21.8 Å². The van der Waals surface area contributed by atoms with E-state index in [1.54, 1.807) is 0 Å². The van der Waals surface area contributed by atoms with Crippen LogP contribution in [-0.4, -0.2) is 31.6 Å². The zero-order chi connectivity index (χ0) is 12.1. The van der Waals surface area contributed by atoms with Crippen molar-refractivity contribution in [1.29, 1.82) is 0 Å². The predicted octanol–water partition coefficient (Wildman–Crippen LogP) is 1.31. The van der Waals surface area contributed by atoms with Gasteiger partial charge in [0.15, 0.2) is 0 Å². The minimum absolute atomic E-state index is 0.121. The van der Waals surface area contributed by atoms with Gasteiger partial charge in [-0.05, 0) is 18.2 Å². The van der Waals surface area contributed by atoms with E-state index in [0.29, 0.717) is 13.0 Å². The first-order valence-corrected chi connectivity index (χ1v) is 6.42. The van der Waals surface area contributed by atoms with Gasteiger partial charge in [-0.25, -0.2) is 0 Å². The van der Waals surface area contributed by atoms with Crippen LogP contribution in [0.4, 0.5) is 0 Å². The van der Waals surface area contributed by atoms with Gasteiger partial charge in [-0.2, -0.15) is 0 Å². The lowest BCUT2D eigenvalue weighted by Crippen LogP contribution is -2.34. The number of ether oxygens (including phenoxy) is 1. The molecule has 0 spiro atoms. The SMILES string of the molecule is O=C1CC(NCCOc2cccc(Br)c2)CN1. The first-order valence-electron chi connectivity index (χ1n) is 5.62. The van der Waals surface area contributed by atoms with Gasteiger partial charge in [0, 0.05) is 30.0 Å². The van der Waals surface area contributed by atoms with E-state index in [2.05, 4.69) is 26.6 Å². The van der Waals surface area contributed by atoms with E-state index in [0.717, 1.165) is 23.3 Å². The van der Waals surface area contributed by atoms with E-state index < -0.39 is 0 Å². The summed E-state index contributed by atoms with van der Waals surface area (Å²) in [5.74, 6) is 0.970. The highest BCUT2D eigenvalue weighted by molar-refractivity contribution is 9.10. The maximum atomic E-state index is 11.0. The summed E-state index contributed by atoms with van der Waals surface area (Å²) >= 11 is 3.39. The lowest BCUT2D eigenvalue weighted by molar-refractivity contribution is -0.119. The summed E-state index contributed by atoms with van der Waals surface area (Å²) in [6, 6.07) is 7.99. The van der Waals surface area contributed by atoms with Crippen molar-refractivity contribution < 1.29 is 9.53 Å². The van der Waals surface area contributed by atoms with E-state index in [4.69, 9.17) is 4.74 Å². The zero-order valence-corrected chi connectivity index (χ0v) is 11.0. The van der Waals surface area contributed by atoms with E-state index in [1.165, 1.54) is 0 Å². The predicted molar refractivity (Wildman–Crippen MR) is 69.1 cm³/mol. The molecule has 5 heteroatoms. The van der Waals surface area contributed by atoms with Crippen LogP contribution >= 0.6 is 15.9 Å². The van der Waals surface area contributed by atoms with E-state index in [1.807, 2.05) is 24.3 Å². The molecule has 4 nitrogen and oxygen atoms in total. The fourth-order valence-corrected chi connectivity index (χ4v) is 2.12. The average Bonchev–Trinajstić information content (AvgIpc) is 2.71. The molecule has 0 aliphatic carbocycles. The van der Waals surface area contributed by atoms with Gasteiger partial charge < -0.3 is 15.4 Å². The van der Waals surface area contributed by atoms with Gasteiger partial charge in [0.1, 0.15) is 12.4 Å². The van der Waals surface area contributed by atoms with Crippen molar-refractivity contribution in [2.24, 2.45) is 0 Å². The summed E-state index contributed by atoms with van der Waals surface area (Å²) in [5, 5.41) is 6.06. The number of benzene rings is 1. The summed E-state index contributed by atoms with van der Waals surface area (Å²) in [4.78, 5) is 11.0. The fourth-order valence-electron chi connectivity index (χ4n) is 1.74. The van der Waals surface area contributed by atoms with Gasteiger partial charge in [0.25, 0.3) is 0 Å². The molecule has 1 fully saturated rings. The molecule has 92 valence electrons. The Morgan fingerprint density at radius 2 is 2.41 bits per heavy atom. The molecule has 2 rings (SSSR count). The van der Waals surface area contributed by atoms with Gasteiger partial charge >= 0.3 is 0 Å². The quantitative estimate of drug-likeness (QED) is 0.806. The average molecular weight is 299 g/mol. The van der Waals surface area contributed by atoms with Crippen LogP contribution in [-0.2, 0) is 4.79 Å². The first kappa shape index (κ1) is 12.4. The second-order valence-electron chi connectivity index (χ2n) is 3.97. The molecule has 0 aromatic heterocycles. The molecule has 1 aliphatic heterocycles. The molecule has 2 N–H and O–H groups in total. The molecule has 1 atom stereocenters. The van der Waals surface area contributed by atoms with Crippen LogP contribution in [0.5, 0.6) is 5.75 Å². The van der Waals surface area contributed by atoms with Gasteiger partial charge in [0.05, 0.1) is 0 Å². The van der Waals surface area contributed by atoms with Gasteiger partial charge in [0.2, 0.25) is 5.91 Å². The summed E-state index contributed by atoms with van der Waals surface area (Å²) in [5.41, 5.74) is 0. The second kappa shape index (κ2) is 6.02. The van der Waals surface area contributed by atoms with Crippen LogP contribution < -0.4 is 15.4 Å². The number of rotatable bonds is 5. The van der Waals surface area contributed by atoms with Crippen molar-refractivity contribution in [2.75, 3.05) is 19.7 Å². The highest BCUT2D eigenvalue weighted by Gasteiger charge is 2.20. The fraction of sp³-hybridized carbons (Fsp3) is 0.417. The van der Waals surface area contributed by atoms with Gasteiger partial charge in [-0.3, -0.25) is 4.79 Å². The van der Waals surface area contributed by atoms with E-state index in [-0.39, 0.29) is 11.9 Å². The van der Waals surface area contributed by atoms with Crippen molar-refractivity contribution in [1.82, 2.24) is 10.6 Å². The first-order chi connectivity index (χ1) is 8.24. The topological polar surface area (TPSA) is 50.4 Å². The molecule has 17 heavy (non-hydrogen) atoms. The Hall–Kier alpha value is -1.07. The molecule has 1 aromatic rings. The minimum Gasteiger partial charge on any atom is -0.492 e. The number of nitrogens with one attached hydrogen (secondary N) is 2. The molecule has 1 saturated heterocycles. The smallest absolute Gasteiger partial charge is 0.221 e. The number of carbonyl (C=O) groups excluding carboxylic acids is 1. The monoisotopic (exact) mass is 298 g/mol. The Morgan fingerprint density at radius 3 is 3.12 bits per heavy atom. The van der Waals surface area contributed by atoms with Crippen LogP contribution in [0.2, 0.25) is 0 Å². The van der Waals surface area contributed by atoms with Gasteiger partial charge in [-0.15, -0.1) is 0 Å². The van der Waals surface area contributed by atoms with Crippen molar-refractivity contribution in [3.63, 3.8) is 0 Å². The second-order valence-corrected chi connectivity index (χ2v) is 4.88. The maximum Gasteiger partial charge on any atom is 0.221 e. The number of carbonyl (C=O) groups is 1. The maximum absolute atomic E-state index is 11.0. The number of amides is 1. The third-order valence-electron chi connectivity index (χ3n) is 2.58. The summed E-state index contributed by atoms with van der Waals surface area (Å²) in [6.45, 7) is 2.06. The minimum atomic E-state index is 0.121. The van der Waals surface area contributed by atoms with Crippen molar-refractivity contribution in [3.8, 4) is 5.75 Å². The third-order valence-corrected chi connectivity index (χ3v) is 3.07. The van der Waals surface area contributed by atoms with E-state index in [9.17, 15) is 4.79 Å². The Kier molecular flexibility index (Phi) is 4.39. The standard InChI is InChI=1S/C12H15BrN2O2/c13-9-2-1-3-11(6-9)17-5-4-14-10-7-12(16)15-8-10/h1-3,6,10,14H,4-5,7-8H2,(H,15,16). The number of halogens is 1. The molecular weight excluding hydrogens is 284 g/mol. The van der Waals surface area contributed by atoms with Crippen molar-refractivity contribution in [2.45, 2.75) is 12.5 Å². The van der Waals surface area contributed by atoms with Crippen LogP contribution in [0.3, 0.4) is 0 Å². The largest absolute Gasteiger partial charge is 0.492 e. The molecule has 1 heterocycles. The Balaban J connectivity index is 1.65. The molecule has 0 radical (unpaired) electrons. The zero-order valence-electron chi connectivity index (χ0n) is 9.41. The van der Waals surface area contributed by atoms with Crippen LogP contribution in [0.15, 0.2) is 28.7 Å². The van der Waals surface area contributed by atoms with E-state index >= 15 is 0 Å². The Bertz CT molecular complexity index is 398. The molecule has 0 saturated carbocycles.